The summed E-state index contributed by atoms with van der Waals surface area (Å²) in [6.07, 6.45) is 21.0. The van der Waals surface area contributed by atoms with E-state index in [1.807, 2.05) is 0 Å². The number of benzene rings is 3. The van der Waals surface area contributed by atoms with Crippen molar-refractivity contribution in [3.63, 3.8) is 0 Å². The van der Waals surface area contributed by atoms with Gasteiger partial charge in [0.05, 0.1) is 0 Å². The van der Waals surface area contributed by atoms with Crippen molar-refractivity contribution in [3.05, 3.63) is 153 Å². The standard InChI is InChI=1S/C40H43N/c1-6-8-9-14-29(4)40(38-20-13-18-35-31(7-2)15-12-19-36(35)38)37-17-11-10-16-34(37)30(5)32-22-24-33(25-23-32)39-26-21-28(3)27-41-39/h6,8-22,24,26,29,41H,7,23,25,27H2,1-5H3/b8-6-,14-9-,34-30+,40-37+. The molecular formula is C40H43N. The van der Waals surface area contributed by atoms with E-state index in [-0.39, 0.29) is 5.92 Å². The lowest BCUT2D eigenvalue weighted by Crippen LogP contribution is -2.31. The second-order valence-electron chi connectivity index (χ2n) is 11.3. The molecule has 0 radical (unpaired) electrons. The van der Waals surface area contributed by atoms with E-state index in [2.05, 4.69) is 149 Å². The molecule has 0 amide bonds. The molecule has 1 aliphatic heterocycles. The van der Waals surface area contributed by atoms with E-state index in [0.29, 0.717) is 0 Å². The molecule has 0 aromatic heterocycles. The maximum Gasteiger partial charge on any atom is 0.0375 e. The van der Waals surface area contributed by atoms with Crippen LogP contribution in [0.5, 0.6) is 0 Å². The highest BCUT2D eigenvalue weighted by Gasteiger charge is 2.17. The average molecular weight is 538 g/mol. The topological polar surface area (TPSA) is 12.0 Å². The molecule has 41 heavy (non-hydrogen) atoms. The first-order valence-electron chi connectivity index (χ1n) is 15.1. The van der Waals surface area contributed by atoms with Gasteiger partial charge in [-0.1, -0.05) is 123 Å². The van der Waals surface area contributed by atoms with E-state index in [1.54, 1.807) is 0 Å². The summed E-state index contributed by atoms with van der Waals surface area (Å²) in [7, 11) is 0. The predicted octanol–water partition coefficient (Wildman–Crippen LogP) is 8.62. The molecule has 1 heteroatoms. The van der Waals surface area contributed by atoms with E-state index >= 15 is 0 Å². The number of rotatable bonds is 7. The van der Waals surface area contributed by atoms with Gasteiger partial charge in [0.1, 0.15) is 0 Å². The lowest BCUT2D eigenvalue weighted by atomic mass is 9.85. The van der Waals surface area contributed by atoms with E-state index in [4.69, 9.17) is 0 Å². The second-order valence-corrected chi connectivity index (χ2v) is 11.3. The smallest absolute Gasteiger partial charge is 0.0375 e. The molecule has 2 aliphatic rings. The fourth-order valence-corrected chi connectivity index (χ4v) is 6.18. The van der Waals surface area contributed by atoms with Crippen LogP contribution >= 0.6 is 0 Å². The van der Waals surface area contributed by atoms with Crippen molar-refractivity contribution in [2.45, 2.75) is 53.9 Å². The molecule has 0 fully saturated rings. The Bertz CT molecular complexity index is 1750. The van der Waals surface area contributed by atoms with Crippen LogP contribution in [-0.4, -0.2) is 6.54 Å². The molecule has 3 aromatic rings. The number of hydrogen-bond acceptors (Lipinski definition) is 1. The Morgan fingerprint density at radius 3 is 2.34 bits per heavy atom. The Hall–Kier alpha value is -4.10. The highest BCUT2D eigenvalue weighted by molar-refractivity contribution is 5.96. The minimum absolute atomic E-state index is 0.240. The summed E-state index contributed by atoms with van der Waals surface area (Å²) in [6.45, 7) is 12.1. The minimum Gasteiger partial charge on any atom is -0.381 e. The molecule has 1 aliphatic carbocycles. The summed E-state index contributed by atoms with van der Waals surface area (Å²) in [6, 6.07) is 22.6. The zero-order valence-corrected chi connectivity index (χ0v) is 25.3. The van der Waals surface area contributed by atoms with Crippen molar-refractivity contribution in [2.75, 3.05) is 6.54 Å². The largest absolute Gasteiger partial charge is 0.381 e. The van der Waals surface area contributed by atoms with Crippen LogP contribution in [0, 0.1) is 5.92 Å². The van der Waals surface area contributed by atoms with Gasteiger partial charge in [-0.15, -0.1) is 0 Å². The van der Waals surface area contributed by atoms with Crippen molar-refractivity contribution >= 4 is 21.9 Å². The average Bonchev–Trinajstić information content (AvgIpc) is 3.01. The number of allylic oxidation sites excluding steroid dienone is 10. The first kappa shape index (κ1) is 28.4. The zero-order chi connectivity index (χ0) is 28.8. The fraction of sp³-hybridized carbons (Fsp3) is 0.250. The molecule has 0 bridgehead atoms. The van der Waals surface area contributed by atoms with E-state index in [0.717, 1.165) is 25.8 Å². The summed E-state index contributed by atoms with van der Waals surface area (Å²) in [5.41, 5.74) is 10.9. The lowest BCUT2D eigenvalue weighted by molar-refractivity contribution is 0.821. The number of hydrogen-bond donors (Lipinski definition) is 1. The number of nitrogens with one attached hydrogen (secondary N) is 1. The van der Waals surface area contributed by atoms with E-state index < -0.39 is 0 Å². The SMILES string of the molecule is C/C=C\C=C/C(C)/C(c1cccc2c(CC)cccc12)=c1/cccc/c1=C(/C)C1=CC=C(C2=CC=C(C)CN2)CC1. The molecule has 1 nitrogen and oxygen atoms in total. The van der Waals surface area contributed by atoms with Crippen molar-refractivity contribution < 1.29 is 0 Å². The van der Waals surface area contributed by atoms with Gasteiger partial charge in [-0.2, -0.15) is 0 Å². The summed E-state index contributed by atoms with van der Waals surface area (Å²) in [5, 5.41) is 8.93. The fourth-order valence-electron chi connectivity index (χ4n) is 6.18. The second kappa shape index (κ2) is 13.0. The molecule has 0 spiro atoms. The summed E-state index contributed by atoms with van der Waals surface area (Å²) in [5.74, 6) is 0.240. The molecule has 1 heterocycles. The minimum atomic E-state index is 0.240. The third-order valence-corrected chi connectivity index (χ3v) is 8.53. The van der Waals surface area contributed by atoms with Crippen molar-refractivity contribution in [2.24, 2.45) is 5.92 Å². The van der Waals surface area contributed by atoms with Crippen LogP contribution in [0.15, 0.2) is 132 Å². The van der Waals surface area contributed by atoms with Gasteiger partial charge in [-0.05, 0) is 101 Å². The maximum absolute atomic E-state index is 3.59. The van der Waals surface area contributed by atoms with Crippen LogP contribution < -0.4 is 15.8 Å². The third kappa shape index (κ3) is 6.15. The van der Waals surface area contributed by atoms with Crippen molar-refractivity contribution in [1.82, 2.24) is 5.32 Å². The molecular weight excluding hydrogens is 494 g/mol. The molecule has 1 N–H and O–H groups in total. The van der Waals surface area contributed by atoms with Crippen LogP contribution in [0.25, 0.3) is 21.9 Å². The Balaban J connectivity index is 1.74. The van der Waals surface area contributed by atoms with Gasteiger partial charge < -0.3 is 5.32 Å². The lowest BCUT2D eigenvalue weighted by Gasteiger charge is -2.22. The molecule has 0 saturated carbocycles. The summed E-state index contributed by atoms with van der Waals surface area (Å²) in [4.78, 5) is 0. The quantitative estimate of drug-likeness (QED) is 0.298. The number of dihydropyridines is 1. The predicted molar refractivity (Wildman–Crippen MR) is 179 cm³/mol. The summed E-state index contributed by atoms with van der Waals surface area (Å²) < 4.78 is 0. The van der Waals surface area contributed by atoms with Gasteiger partial charge in [-0.3, -0.25) is 0 Å². The Morgan fingerprint density at radius 2 is 1.63 bits per heavy atom. The van der Waals surface area contributed by atoms with Crippen LogP contribution in [0.2, 0.25) is 0 Å². The number of aryl methyl sites for hydroxylation is 1. The van der Waals surface area contributed by atoms with Gasteiger partial charge in [0.2, 0.25) is 0 Å². The van der Waals surface area contributed by atoms with Gasteiger partial charge in [0.15, 0.2) is 0 Å². The monoisotopic (exact) mass is 537 g/mol. The Labute approximate surface area is 246 Å². The van der Waals surface area contributed by atoms with Crippen LogP contribution in [0.3, 0.4) is 0 Å². The van der Waals surface area contributed by atoms with Gasteiger partial charge in [0, 0.05) is 18.2 Å². The molecule has 5 rings (SSSR count). The van der Waals surface area contributed by atoms with Gasteiger partial charge in [0.25, 0.3) is 0 Å². The highest BCUT2D eigenvalue weighted by atomic mass is 14.9. The van der Waals surface area contributed by atoms with Gasteiger partial charge in [-0.25, -0.2) is 0 Å². The van der Waals surface area contributed by atoms with E-state index in [1.165, 1.54) is 65.9 Å². The molecule has 1 unspecified atom stereocenters. The highest BCUT2D eigenvalue weighted by Crippen LogP contribution is 2.31. The van der Waals surface area contributed by atoms with Crippen LogP contribution in [0.4, 0.5) is 0 Å². The van der Waals surface area contributed by atoms with Crippen molar-refractivity contribution in [3.8, 4) is 0 Å². The number of fused-ring (bicyclic) bond motifs is 1. The summed E-state index contributed by atoms with van der Waals surface area (Å²) >= 11 is 0. The molecule has 0 saturated heterocycles. The van der Waals surface area contributed by atoms with Crippen molar-refractivity contribution in [1.29, 1.82) is 0 Å². The molecule has 3 aromatic carbocycles. The van der Waals surface area contributed by atoms with Gasteiger partial charge >= 0.3 is 0 Å². The Morgan fingerprint density at radius 1 is 0.854 bits per heavy atom. The Kier molecular flexibility index (Phi) is 9.04. The zero-order valence-electron chi connectivity index (χ0n) is 25.3. The third-order valence-electron chi connectivity index (χ3n) is 8.53. The van der Waals surface area contributed by atoms with Crippen LogP contribution in [-0.2, 0) is 6.42 Å². The first-order valence-corrected chi connectivity index (χ1v) is 15.1. The normalized spacial score (nSPS) is 18.0. The molecule has 208 valence electrons. The molecule has 1 atom stereocenters. The maximum atomic E-state index is 3.59. The first-order chi connectivity index (χ1) is 20.0. The van der Waals surface area contributed by atoms with Crippen LogP contribution in [0.1, 0.15) is 58.6 Å². The van der Waals surface area contributed by atoms with E-state index in [9.17, 15) is 0 Å².